The molecule has 2 N–H and O–H groups in total. The Balaban J connectivity index is 1.33. The number of carbonyl (C=O) groups excluding carboxylic acids is 3. The molecule has 2 aliphatic heterocycles. The van der Waals surface area contributed by atoms with E-state index in [0.717, 1.165) is 23.3 Å². The molecule has 9 nitrogen and oxygen atoms in total. The van der Waals surface area contributed by atoms with Crippen LogP contribution in [0.3, 0.4) is 0 Å². The summed E-state index contributed by atoms with van der Waals surface area (Å²) in [6, 6.07) is 12.8. The SMILES string of the molecule is CC(C)C[C@@H](C(=O)N1C[C@]2(CC1C#N)C(=O)Nc1ccc(-c3cccnc3)cc12)N(C)C(=O)c1cc2c(F)cc(F)cc2[nH]1. The number of benzene rings is 2. The fourth-order valence-corrected chi connectivity index (χ4v) is 6.41. The van der Waals surface area contributed by atoms with Crippen molar-refractivity contribution in [3.8, 4) is 17.2 Å². The molecule has 0 saturated carbocycles. The van der Waals surface area contributed by atoms with Gasteiger partial charge >= 0.3 is 0 Å². The van der Waals surface area contributed by atoms with Gasteiger partial charge in [-0.15, -0.1) is 0 Å². The van der Waals surface area contributed by atoms with Gasteiger partial charge < -0.3 is 20.1 Å². The Bertz CT molecular complexity index is 1850. The number of rotatable bonds is 6. The van der Waals surface area contributed by atoms with Crippen LogP contribution in [0, 0.1) is 28.9 Å². The largest absolute Gasteiger partial charge is 0.350 e. The van der Waals surface area contributed by atoms with Crippen LogP contribution < -0.4 is 5.32 Å². The predicted octanol–water partition coefficient (Wildman–Crippen LogP) is 5.01. The second kappa shape index (κ2) is 10.9. The highest BCUT2D eigenvalue weighted by Gasteiger charge is 2.57. The number of hydrogen-bond acceptors (Lipinski definition) is 5. The summed E-state index contributed by atoms with van der Waals surface area (Å²) in [5.41, 5.74) is 2.02. The summed E-state index contributed by atoms with van der Waals surface area (Å²) < 4.78 is 28.1. The van der Waals surface area contributed by atoms with Gasteiger partial charge in [-0.2, -0.15) is 5.26 Å². The fraction of sp³-hybridized carbons (Fsp3) is 0.303. The van der Waals surface area contributed by atoms with Gasteiger partial charge in [0.2, 0.25) is 11.8 Å². The molecule has 3 atom stereocenters. The van der Waals surface area contributed by atoms with Crippen LogP contribution in [0.4, 0.5) is 14.5 Å². The topological polar surface area (TPSA) is 122 Å². The van der Waals surface area contributed by atoms with Crippen LogP contribution in [0.5, 0.6) is 0 Å². The van der Waals surface area contributed by atoms with Gasteiger partial charge in [-0.05, 0) is 59.4 Å². The average molecular weight is 597 g/mol. The third kappa shape index (κ3) is 4.76. The maximum Gasteiger partial charge on any atom is 0.270 e. The van der Waals surface area contributed by atoms with E-state index in [4.69, 9.17) is 0 Å². The molecule has 0 bridgehead atoms. The molecule has 4 heterocycles. The van der Waals surface area contributed by atoms with Crippen molar-refractivity contribution in [1.29, 1.82) is 5.26 Å². The maximum absolute atomic E-state index is 14.4. The zero-order valence-corrected chi connectivity index (χ0v) is 24.4. The van der Waals surface area contributed by atoms with E-state index < -0.39 is 40.9 Å². The van der Waals surface area contributed by atoms with Gasteiger partial charge in [-0.25, -0.2) is 8.78 Å². The molecular formula is C33H30F2N6O3. The molecule has 6 rings (SSSR count). The molecular weight excluding hydrogens is 566 g/mol. The highest BCUT2D eigenvalue weighted by atomic mass is 19.1. The van der Waals surface area contributed by atoms with Gasteiger partial charge in [0.05, 0.1) is 17.0 Å². The summed E-state index contributed by atoms with van der Waals surface area (Å²) in [7, 11) is 1.47. The third-order valence-corrected chi connectivity index (χ3v) is 8.65. The minimum absolute atomic E-state index is 0.00434. The normalized spacial score (nSPS) is 19.7. The number of nitriles is 1. The Morgan fingerprint density at radius 3 is 2.68 bits per heavy atom. The van der Waals surface area contributed by atoms with E-state index in [1.54, 1.807) is 12.4 Å². The van der Waals surface area contributed by atoms with Crippen molar-refractivity contribution >= 4 is 34.3 Å². The molecule has 44 heavy (non-hydrogen) atoms. The van der Waals surface area contributed by atoms with Gasteiger partial charge in [0.25, 0.3) is 5.91 Å². The number of likely N-dealkylation sites (N-methyl/N-ethyl adjacent to an activating group) is 1. The van der Waals surface area contributed by atoms with E-state index in [0.29, 0.717) is 11.3 Å². The number of H-pyrrole nitrogens is 1. The maximum atomic E-state index is 14.4. The lowest BCUT2D eigenvalue weighted by molar-refractivity contribution is -0.136. The Labute approximate surface area is 252 Å². The summed E-state index contributed by atoms with van der Waals surface area (Å²) in [4.78, 5) is 51.1. The molecule has 2 aromatic heterocycles. The lowest BCUT2D eigenvalue weighted by atomic mass is 9.79. The van der Waals surface area contributed by atoms with Gasteiger partial charge in [-0.1, -0.05) is 26.0 Å². The Morgan fingerprint density at radius 2 is 1.98 bits per heavy atom. The minimum atomic E-state index is -1.15. The monoisotopic (exact) mass is 596 g/mol. The van der Waals surface area contributed by atoms with E-state index in [9.17, 15) is 28.4 Å². The van der Waals surface area contributed by atoms with Crippen LogP contribution in [0.25, 0.3) is 22.0 Å². The standard InChI is InChI=1S/C33H30F2N6O3/c1-18(2)9-29(40(3)30(42)28-13-23-25(35)11-21(34)12-27(23)38-28)31(43)41-17-33(14-22(41)15-36)24-10-19(20-5-4-8-37-16-20)6-7-26(24)39-32(33)44/h4-8,10-13,16,18,22,29,38H,9,14,17H2,1-3H3,(H,39,44)/t22?,29-,33-/m0/s1. The number of amides is 3. The number of fused-ring (bicyclic) bond motifs is 3. The Kier molecular flexibility index (Phi) is 7.16. The molecule has 3 amide bonds. The number of aromatic amines is 1. The first-order valence-electron chi connectivity index (χ1n) is 14.3. The van der Waals surface area contributed by atoms with Crippen LogP contribution in [0.1, 0.15) is 42.7 Å². The van der Waals surface area contributed by atoms with Crippen molar-refractivity contribution in [2.45, 2.75) is 44.2 Å². The summed E-state index contributed by atoms with van der Waals surface area (Å²) >= 11 is 0. The number of pyridine rings is 1. The molecule has 224 valence electrons. The van der Waals surface area contributed by atoms with Gasteiger partial charge in [0.1, 0.15) is 29.4 Å². The molecule has 1 unspecified atom stereocenters. The summed E-state index contributed by atoms with van der Waals surface area (Å²) in [5, 5.41) is 13.2. The van der Waals surface area contributed by atoms with Crippen molar-refractivity contribution in [2.75, 3.05) is 18.9 Å². The molecule has 2 aliphatic rings. The Hall–Kier alpha value is -5.11. The number of carbonyl (C=O) groups is 3. The molecule has 11 heteroatoms. The van der Waals surface area contributed by atoms with E-state index in [2.05, 4.69) is 21.4 Å². The lowest BCUT2D eigenvalue weighted by Crippen LogP contribution is -2.52. The van der Waals surface area contributed by atoms with Crippen LogP contribution in [-0.4, -0.2) is 63.2 Å². The lowest BCUT2D eigenvalue weighted by Gasteiger charge is -2.33. The number of aromatic nitrogens is 2. The number of hydrogen-bond donors (Lipinski definition) is 2. The molecule has 1 spiro atoms. The first-order chi connectivity index (χ1) is 21.0. The molecule has 4 aromatic rings. The average Bonchev–Trinajstić information content (AvgIpc) is 3.69. The highest BCUT2D eigenvalue weighted by molar-refractivity contribution is 6.08. The van der Waals surface area contributed by atoms with Crippen LogP contribution in [-0.2, 0) is 15.0 Å². The number of halogens is 2. The minimum Gasteiger partial charge on any atom is -0.350 e. The first-order valence-corrected chi connectivity index (χ1v) is 14.3. The number of likely N-dealkylation sites (tertiary alicyclic amines) is 1. The highest BCUT2D eigenvalue weighted by Crippen LogP contribution is 2.48. The predicted molar refractivity (Wildman–Crippen MR) is 159 cm³/mol. The quantitative estimate of drug-likeness (QED) is 0.324. The zero-order valence-electron chi connectivity index (χ0n) is 24.4. The summed E-state index contributed by atoms with van der Waals surface area (Å²) in [5.74, 6) is -2.95. The molecule has 0 aliphatic carbocycles. The number of anilines is 1. The van der Waals surface area contributed by atoms with Crippen LogP contribution in [0.2, 0.25) is 0 Å². The van der Waals surface area contributed by atoms with Crippen molar-refractivity contribution in [3.63, 3.8) is 0 Å². The van der Waals surface area contributed by atoms with Crippen molar-refractivity contribution in [3.05, 3.63) is 83.8 Å². The second-order valence-electron chi connectivity index (χ2n) is 11.9. The zero-order chi connectivity index (χ0) is 31.3. The smallest absolute Gasteiger partial charge is 0.270 e. The first kappa shape index (κ1) is 29.0. The number of nitrogens with zero attached hydrogens (tertiary/aromatic N) is 4. The Morgan fingerprint density at radius 1 is 1.18 bits per heavy atom. The third-order valence-electron chi connectivity index (χ3n) is 8.65. The summed E-state index contributed by atoms with van der Waals surface area (Å²) in [6.07, 6.45) is 3.78. The fourth-order valence-electron chi connectivity index (χ4n) is 6.41. The molecule has 2 aromatic carbocycles. The molecule has 0 radical (unpaired) electrons. The number of nitrogens with one attached hydrogen (secondary N) is 2. The van der Waals surface area contributed by atoms with E-state index in [-0.39, 0.29) is 47.8 Å². The summed E-state index contributed by atoms with van der Waals surface area (Å²) in [6.45, 7) is 3.79. The second-order valence-corrected chi connectivity index (χ2v) is 11.9. The van der Waals surface area contributed by atoms with Gasteiger partial charge in [0.15, 0.2) is 0 Å². The van der Waals surface area contributed by atoms with Gasteiger partial charge in [-0.3, -0.25) is 19.4 Å². The van der Waals surface area contributed by atoms with E-state index in [1.165, 1.54) is 22.9 Å². The molecule has 1 fully saturated rings. The van der Waals surface area contributed by atoms with Crippen molar-refractivity contribution < 1.29 is 23.2 Å². The van der Waals surface area contributed by atoms with E-state index >= 15 is 0 Å². The van der Waals surface area contributed by atoms with E-state index in [1.807, 2.05) is 44.2 Å². The van der Waals surface area contributed by atoms with Crippen molar-refractivity contribution in [1.82, 2.24) is 19.8 Å². The van der Waals surface area contributed by atoms with Crippen LogP contribution >= 0.6 is 0 Å². The van der Waals surface area contributed by atoms with Crippen LogP contribution in [0.15, 0.2) is 60.9 Å². The van der Waals surface area contributed by atoms with Crippen molar-refractivity contribution in [2.24, 2.45) is 5.92 Å². The van der Waals surface area contributed by atoms with Gasteiger partial charge in [0, 0.05) is 49.5 Å². The molecule has 1 saturated heterocycles.